The standard InChI is InChI=1S/C10H16N4O5/c1-18-4-3-11-8(15)5-14-7(6-19-2)9(10(16)17)12-13-14/h3-6H2,1-2H3,(H,11,15)(H,16,17). The minimum absolute atomic E-state index is 0.0139. The predicted octanol–water partition coefficient (Wildman–Crippen LogP) is -1.11. The van der Waals surface area contributed by atoms with E-state index >= 15 is 0 Å². The third kappa shape index (κ3) is 4.30. The second-order valence-corrected chi connectivity index (χ2v) is 3.62. The van der Waals surface area contributed by atoms with E-state index in [2.05, 4.69) is 15.6 Å². The average Bonchev–Trinajstić information content (AvgIpc) is 2.73. The van der Waals surface area contributed by atoms with Crippen molar-refractivity contribution in [2.75, 3.05) is 27.4 Å². The zero-order valence-electron chi connectivity index (χ0n) is 10.8. The van der Waals surface area contributed by atoms with Gasteiger partial charge in [-0.1, -0.05) is 5.21 Å². The van der Waals surface area contributed by atoms with Crippen molar-refractivity contribution < 1.29 is 24.2 Å². The number of rotatable bonds is 8. The summed E-state index contributed by atoms with van der Waals surface area (Å²) in [4.78, 5) is 22.5. The summed E-state index contributed by atoms with van der Waals surface area (Å²) in [6, 6.07) is 0. The molecule has 0 spiro atoms. The lowest BCUT2D eigenvalue weighted by Crippen LogP contribution is -2.31. The number of carboxylic acids is 1. The van der Waals surface area contributed by atoms with Crippen LogP contribution in [-0.2, 0) is 27.4 Å². The van der Waals surface area contributed by atoms with Crippen molar-refractivity contribution in [1.82, 2.24) is 20.3 Å². The number of carbonyl (C=O) groups excluding carboxylic acids is 1. The Bertz CT molecular complexity index is 445. The van der Waals surface area contributed by atoms with Crippen molar-refractivity contribution in [3.63, 3.8) is 0 Å². The van der Waals surface area contributed by atoms with Gasteiger partial charge < -0.3 is 19.9 Å². The van der Waals surface area contributed by atoms with E-state index in [1.807, 2.05) is 0 Å². The Morgan fingerprint density at radius 1 is 1.37 bits per heavy atom. The van der Waals surface area contributed by atoms with Crippen LogP contribution < -0.4 is 5.32 Å². The number of aromatic nitrogens is 3. The molecule has 0 atom stereocenters. The molecule has 0 saturated carbocycles. The van der Waals surface area contributed by atoms with Gasteiger partial charge >= 0.3 is 5.97 Å². The number of nitrogens with one attached hydrogen (secondary N) is 1. The van der Waals surface area contributed by atoms with E-state index in [1.165, 1.54) is 18.9 Å². The van der Waals surface area contributed by atoms with Crippen molar-refractivity contribution in [3.05, 3.63) is 11.4 Å². The largest absolute Gasteiger partial charge is 0.476 e. The van der Waals surface area contributed by atoms with Crippen LogP contribution in [0, 0.1) is 0 Å². The van der Waals surface area contributed by atoms with Crippen LogP contribution in [0.5, 0.6) is 0 Å². The van der Waals surface area contributed by atoms with Gasteiger partial charge in [0.2, 0.25) is 5.91 Å². The van der Waals surface area contributed by atoms with Crippen LogP contribution in [0.25, 0.3) is 0 Å². The first kappa shape index (κ1) is 15.1. The molecule has 0 aliphatic heterocycles. The number of hydrogen-bond acceptors (Lipinski definition) is 6. The first-order valence-corrected chi connectivity index (χ1v) is 5.50. The van der Waals surface area contributed by atoms with Crippen LogP contribution in [-0.4, -0.2) is 59.3 Å². The molecule has 1 heterocycles. The van der Waals surface area contributed by atoms with Gasteiger partial charge in [0.15, 0.2) is 5.69 Å². The molecule has 0 aliphatic rings. The second-order valence-electron chi connectivity index (χ2n) is 3.62. The molecular formula is C10H16N4O5. The number of ether oxygens (including phenoxy) is 2. The highest BCUT2D eigenvalue weighted by atomic mass is 16.5. The maximum Gasteiger partial charge on any atom is 0.358 e. The van der Waals surface area contributed by atoms with Crippen LogP contribution in [0.15, 0.2) is 0 Å². The number of carboxylic acid groups (broad SMARTS) is 1. The Hall–Kier alpha value is -2.00. The summed E-state index contributed by atoms with van der Waals surface area (Å²) in [6.07, 6.45) is 0. The highest BCUT2D eigenvalue weighted by Gasteiger charge is 2.19. The van der Waals surface area contributed by atoms with Gasteiger partial charge in [0, 0.05) is 20.8 Å². The molecule has 9 heteroatoms. The first-order valence-electron chi connectivity index (χ1n) is 5.50. The van der Waals surface area contributed by atoms with Crippen LogP contribution in [0.4, 0.5) is 0 Å². The van der Waals surface area contributed by atoms with E-state index in [0.29, 0.717) is 13.2 Å². The number of aromatic carboxylic acids is 1. The van der Waals surface area contributed by atoms with E-state index in [1.54, 1.807) is 0 Å². The maximum atomic E-state index is 11.6. The SMILES string of the molecule is COCCNC(=O)Cn1nnc(C(=O)O)c1COC. The molecule has 1 aromatic rings. The predicted molar refractivity (Wildman–Crippen MR) is 62.6 cm³/mol. The molecule has 0 bridgehead atoms. The number of hydrogen-bond donors (Lipinski definition) is 2. The van der Waals surface area contributed by atoms with Crippen molar-refractivity contribution in [2.24, 2.45) is 0 Å². The number of methoxy groups -OCH3 is 2. The maximum absolute atomic E-state index is 11.6. The molecule has 0 unspecified atom stereocenters. The summed E-state index contributed by atoms with van der Waals surface area (Å²) in [6.45, 7) is 0.659. The Labute approximate surface area is 109 Å². The van der Waals surface area contributed by atoms with Gasteiger partial charge in [0.1, 0.15) is 6.54 Å². The summed E-state index contributed by atoms with van der Waals surface area (Å²) in [5.74, 6) is -1.52. The Balaban J connectivity index is 2.72. The third-order valence-electron chi connectivity index (χ3n) is 2.24. The van der Waals surface area contributed by atoms with Gasteiger partial charge in [0.05, 0.1) is 18.9 Å². The molecule has 1 rings (SSSR count). The highest BCUT2D eigenvalue weighted by molar-refractivity contribution is 5.86. The van der Waals surface area contributed by atoms with Gasteiger partial charge in [0.25, 0.3) is 0 Å². The molecular weight excluding hydrogens is 256 g/mol. The molecule has 2 N–H and O–H groups in total. The minimum Gasteiger partial charge on any atom is -0.476 e. The Morgan fingerprint density at radius 2 is 2.11 bits per heavy atom. The molecule has 9 nitrogen and oxygen atoms in total. The zero-order valence-corrected chi connectivity index (χ0v) is 10.8. The van der Waals surface area contributed by atoms with Gasteiger partial charge in [-0.2, -0.15) is 0 Å². The fraction of sp³-hybridized carbons (Fsp3) is 0.600. The molecule has 1 amide bonds. The lowest BCUT2D eigenvalue weighted by atomic mass is 10.3. The summed E-state index contributed by atoms with van der Waals surface area (Å²) < 4.78 is 10.9. The molecule has 0 aliphatic carbocycles. The average molecular weight is 272 g/mol. The smallest absolute Gasteiger partial charge is 0.358 e. The van der Waals surface area contributed by atoms with E-state index in [4.69, 9.17) is 14.6 Å². The lowest BCUT2D eigenvalue weighted by Gasteiger charge is -2.07. The first-order chi connectivity index (χ1) is 9.10. The summed E-state index contributed by atoms with van der Waals surface area (Å²) in [5.41, 5.74) is 0.0310. The quantitative estimate of drug-likeness (QED) is 0.576. The fourth-order valence-corrected chi connectivity index (χ4v) is 1.39. The van der Waals surface area contributed by atoms with Crippen LogP contribution >= 0.6 is 0 Å². The van der Waals surface area contributed by atoms with Gasteiger partial charge in [-0.3, -0.25) is 4.79 Å². The lowest BCUT2D eigenvalue weighted by molar-refractivity contribution is -0.122. The minimum atomic E-state index is -1.21. The topological polar surface area (TPSA) is 116 Å². The summed E-state index contributed by atoms with van der Waals surface area (Å²) >= 11 is 0. The molecule has 106 valence electrons. The van der Waals surface area contributed by atoms with Gasteiger partial charge in [-0.05, 0) is 0 Å². The molecule has 1 aromatic heterocycles. The third-order valence-corrected chi connectivity index (χ3v) is 2.24. The molecule has 0 radical (unpaired) electrons. The van der Waals surface area contributed by atoms with Gasteiger partial charge in [-0.15, -0.1) is 5.10 Å². The molecule has 0 saturated heterocycles. The van der Waals surface area contributed by atoms with Crippen molar-refractivity contribution >= 4 is 11.9 Å². The summed E-state index contributed by atoms with van der Waals surface area (Å²) in [7, 11) is 2.95. The highest BCUT2D eigenvalue weighted by Crippen LogP contribution is 2.06. The Morgan fingerprint density at radius 3 is 2.68 bits per heavy atom. The van der Waals surface area contributed by atoms with Gasteiger partial charge in [-0.25, -0.2) is 9.48 Å². The monoisotopic (exact) mass is 272 g/mol. The fourth-order valence-electron chi connectivity index (χ4n) is 1.39. The molecule has 19 heavy (non-hydrogen) atoms. The van der Waals surface area contributed by atoms with Crippen LogP contribution in [0.3, 0.4) is 0 Å². The van der Waals surface area contributed by atoms with Crippen LogP contribution in [0.1, 0.15) is 16.2 Å². The van der Waals surface area contributed by atoms with E-state index < -0.39 is 5.97 Å². The van der Waals surface area contributed by atoms with E-state index in [-0.39, 0.29) is 30.4 Å². The normalized spacial score (nSPS) is 10.4. The van der Waals surface area contributed by atoms with Crippen molar-refractivity contribution in [3.8, 4) is 0 Å². The molecule has 0 fully saturated rings. The van der Waals surface area contributed by atoms with E-state index in [0.717, 1.165) is 0 Å². The van der Waals surface area contributed by atoms with Crippen LogP contribution in [0.2, 0.25) is 0 Å². The zero-order chi connectivity index (χ0) is 14.3. The Kier molecular flexibility index (Phi) is 5.90. The molecule has 0 aromatic carbocycles. The van der Waals surface area contributed by atoms with Crippen molar-refractivity contribution in [1.29, 1.82) is 0 Å². The number of nitrogens with zero attached hydrogens (tertiary/aromatic N) is 3. The summed E-state index contributed by atoms with van der Waals surface area (Å²) in [5, 5.41) is 18.7. The number of carbonyl (C=O) groups is 2. The van der Waals surface area contributed by atoms with E-state index in [9.17, 15) is 9.59 Å². The second kappa shape index (κ2) is 7.44. The number of amides is 1. The van der Waals surface area contributed by atoms with Crippen molar-refractivity contribution in [2.45, 2.75) is 13.2 Å².